The molecule has 8 heteroatoms. The van der Waals surface area contributed by atoms with E-state index in [1.54, 1.807) is 29.2 Å². The van der Waals surface area contributed by atoms with Gasteiger partial charge in [0.2, 0.25) is 11.8 Å². The lowest BCUT2D eigenvalue weighted by atomic mass is 10.1. The SMILES string of the molecule is CCc1ccccc1N1C[C@@H](C(=O)OCC(=O)Nc2ccc(NC(C)=O)cc2)CC1=O. The van der Waals surface area contributed by atoms with Gasteiger partial charge in [-0.2, -0.15) is 0 Å². The number of carbonyl (C=O) groups excluding carboxylic acids is 4. The van der Waals surface area contributed by atoms with Crippen molar-refractivity contribution in [3.63, 3.8) is 0 Å². The predicted molar refractivity (Wildman–Crippen MR) is 117 cm³/mol. The van der Waals surface area contributed by atoms with Crippen LogP contribution in [-0.4, -0.2) is 36.8 Å². The average Bonchev–Trinajstić information content (AvgIpc) is 3.14. The number of nitrogens with one attached hydrogen (secondary N) is 2. The summed E-state index contributed by atoms with van der Waals surface area (Å²) in [6.45, 7) is 3.21. The Labute approximate surface area is 180 Å². The van der Waals surface area contributed by atoms with Crippen molar-refractivity contribution in [3.8, 4) is 0 Å². The van der Waals surface area contributed by atoms with Gasteiger partial charge in [-0.1, -0.05) is 25.1 Å². The molecule has 31 heavy (non-hydrogen) atoms. The first-order valence-corrected chi connectivity index (χ1v) is 10.1. The molecule has 1 aliphatic rings. The Morgan fingerprint density at radius 3 is 2.32 bits per heavy atom. The summed E-state index contributed by atoms with van der Waals surface area (Å²) >= 11 is 0. The van der Waals surface area contributed by atoms with Gasteiger partial charge in [0.25, 0.3) is 5.91 Å². The van der Waals surface area contributed by atoms with Gasteiger partial charge in [0.05, 0.1) is 5.92 Å². The van der Waals surface area contributed by atoms with E-state index in [9.17, 15) is 19.2 Å². The number of anilines is 3. The highest BCUT2D eigenvalue weighted by atomic mass is 16.5. The maximum Gasteiger partial charge on any atom is 0.311 e. The molecule has 0 spiro atoms. The molecule has 3 rings (SSSR count). The van der Waals surface area contributed by atoms with E-state index in [1.807, 2.05) is 31.2 Å². The smallest absolute Gasteiger partial charge is 0.311 e. The number of rotatable bonds is 7. The van der Waals surface area contributed by atoms with Crippen molar-refractivity contribution in [2.45, 2.75) is 26.7 Å². The zero-order valence-electron chi connectivity index (χ0n) is 17.5. The minimum Gasteiger partial charge on any atom is -0.455 e. The number of esters is 1. The number of carbonyl (C=O) groups is 4. The van der Waals surface area contributed by atoms with Gasteiger partial charge in [0, 0.05) is 37.0 Å². The van der Waals surface area contributed by atoms with Crippen LogP contribution in [0.25, 0.3) is 0 Å². The number of hydrogen-bond donors (Lipinski definition) is 2. The topological polar surface area (TPSA) is 105 Å². The van der Waals surface area contributed by atoms with E-state index in [2.05, 4.69) is 10.6 Å². The van der Waals surface area contributed by atoms with Gasteiger partial charge in [-0.3, -0.25) is 19.2 Å². The van der Waals surface area contributed by atoms with Gasteiger partial charge in [0.1, 0.15) is 0 Å². The quantitative estimate of drug-likeness (QED) is 0.667. The molecule has 3 amide bonds. The Balaban J connectivity index is 1.51. The first-order valence-electron chi connectivity index (χ1n) is 10.1. The number of ether oxygens (including phenoxy) is 1. The van der Waals surface area contributed by atoms with Crippen LogP contribution in [-0.2, 0) is 30.3 Å². The third kappa shape index (κ3) is 5.69. The molecule has 1 aliphatic heterocycles. The Bertz CT molecular complexity index is 987. The fraction of sp³-hybridized carbons (Fsp3) is 0.304. The molecule has 0 unspecified atom stereocenters. The highest BCUT2D eigenvalue weighted by molar-refractivity contribution is 6.00. The summed E-state index contributed by atoms with van der Waals surface area (Å²) in [5.74, 6) is -1.99. The molecule has 0 aliphatic carbocycles. The summed E-state index contributed by atoms with van der Waals surface area (Å²) in [5.41, 5.74) is 2.96. The van der Waals surface area contributed by atoms with Gasteiger partial charge in [0.15, 0.2) is 6.61 Å². The zero-order valence-corrected chi connectivity index (χ0v) is 17.5. The average molecular weight is 423 g/mol. The van der Waals surface area contributed by atoms with Crippen molar-refractivity contribution in [2.75, 3.05) is 28.7 Å². The van der Waals surface area contributed by atoms with Crippen LogP contribution in [0.15, 0.2) is 48.5 Å². The van der Waals surface area contributed by atoms with E-state index < -0.39 is 24.4 Å². The van der Waals surface area contributed by atoms with E-state index in [1.165, 1.54) is 6.92 Å². The van der Waals surface area contributed by atoms with E-state index in [0.29, 0.717) is 11.4 Å². The van der Waals surface area contributed by atoms with Crippen LogP contribution in [0.1, 0.15) is 25.8 Å². The highest BCUT2D eigenvalue weighted by Crippen LogP contribution is 2.29. The Kier molecular flexibility index (Phi) is 7.02. The van der Waals surface area contributed by atoms with Crippen LogP contribution in [0, 0.1) is 5.92 Å². The first-order chi connectivity index (χ1) is 14.9. The van der Waals surface area contributed by atoms with E-state index in [4.69, 9.17) is 4.74 Å². The molecular formula is C23H25N3O5. The van der Waals surface area contributed by atoms with Crippen LogP contribution in [0.2, 0.25) is 0 Å². The standard InChI is InChI=1S/C23H25N3O5/c1-3-16-6-4-5-7-20(16)26-13-17(12-22(26)29)23(30)31-14-21(28)25-19-10-8-18(9-11-19)24-15(2)27/h4-11,17H,3,12-14H2,1-2H3,(H,24,27)(H,25,28)/t17-/m0/s1. The molecule has 1 fully saturated rings. The van der Waals surface area contributed by atoms with Crippen LogP contribution in [0.3, 0.4) is 0 Å². The molecule has 0 aromatic heterocycles. The van der Waals surface area contributed by atoms with Crippen LogP contribution >= 0.6 is 0 Å². The number of amides is 3. The maximum atomic E-state index is 12.4. The predicted octanol–water partition coefficient (Wildman–Crippen LogP) is 2.74. The minimum atomic E-state index is -0.609. The monoisotopic (exact) mass is 423 g/mol. The van der Waals surface area contributed by atoms with Gasteiger partial charge < -0.3 is 20.3 Å². The third-order valence-electron chi connectivity index (χ3n) is 4.96. The first kappa shape index (κ1) is 22.0. The summed E-state index contributed by atoms with van der Waals surface area (Å²) in [5, 5.41) is 5.25. The largest absolute Gasteiger partial charge is 0.455 e. The number of nitrogens with zero attached hydrogens (tertiary/aromatic N) is 1. The molecule has 1 saturated heterocycles. The molecule has 2 aromatic rings. The van der Waals surface area contributed by atoms with Crippen molar-refractivity contribution in [1.29, 1.82) is 0 Å². The van der Waals surface area contributed by atoms with Gasteiger partial charge >= 0.3 is 5.97 Å². The fourth-order valence-corrected chi connectivity index (χ4v) is 3.46. The summed E-state index contributed by atoms with van der Waals surface area (Å²) in [6, 6.07) is 14.2. The number of benzene rings is 2. The molecule has 1 heterocycles. The molecule has 162 valence electrons. The molecule has 2 aromatic carbocycles. The Morgan fingerprint density at radius 1 is 1.03 bits per heavy atom. The van der Waals surface area contributed by atoms with Crippen LogP contribution in [0.4, 0.5) is 17.1 Å². The fourth-order valence-electron chi connectivity index (χ4n) is 3.46. The maximum absolute atomic E-state index is 12.4. The lowest BCUT2D eigenvalue weighted by molar-refractivity contribution is -0.151. The van der Waals surface area contributed by atoms with Gasteiger partial charge in [-0.25, -0.2) is 0 Å². The van der Waals surface area contributed by atoms with E-state index in [0.717, 1.165) is 17.7 Å². The number of para-hydroxylation sites is 1. The molecule has 2 N–H and O–H groups in total. The van der Waals surface area contributed by atoms with Crippen LogP contribution in [0.5, 0.6) is 0 Å². The summed E-state index contributed by atoms with van der Waals surface area (Å²) in [7, 11) is 0. The van der Waals surface area contributed by atoms with Crippen molar-refractivity contribution < 1.29 is 23.9 Å². The molecule has 0 radical (unpaired) electrons. The molecule has 0 bridgehead atoms. The second-order valence-corrected chi connectivity index (χ2v) is 7.30. The van der Waals surface area contributed by atoms with Gasteiger partial charge in [-0.15, -0.1) is 0 Å². The number of hydrogen-bond acceptors (Lipinski definition) is 5. The lowest BCUT2D eigenvalue weighted by Crippen LogP contribution is -2.28. The van der Waals surface area contributed by atoms with E-state index in [-0.39, 0.29) is 24.8 Å². The van der Waals surface area contributed by atoms with Crippen molar-refractivity contribution in [2.24, 2.45) is 5.92 Å². The molecule has 1 atom stereocenters. The summed E-state index contributed by atoms with van der Waals surface area (Å²) in [6.07, 6.45) is 0.837. The second kappa shape index (κ2) is 9.88. The van der Waals surface area contributed by atoms with Gasteiger partial charge in [-0.05, 0) is 42.3 Å². The molecule has 8 nitrogen and oxygen atoms in total. The minimum absolute atomic E-state index is 0.0586. The summed E-state index contributed by atoms with van der Waals surface area (Å²) < 4.78 is 5.14. The molecular weight excluding hydrogens is 398 g/mol. The second-order valence-electron chi connectivity index (χ2n) is 7.30. The third-order valence-corrected chi connectivity index (χ3v) is 4.96. The van der Waals surface area contributed by atoms with Crippen molar-refractivity contribution in [3.05, 3.63) is 54.1 Å². The zero-order chi connectivity index (χ0) is 22.4. The number of aryl methyl sites for hydroxylation is 1. The Morgan fingerprint density at radius 2 is 1.68 bits per heavy atom. The highest BCUT2D eigenvalue weighted by Gasteiger charge is 2.37. The van der Waals surface area contributed by atoms with Crippen LogP contribution < -0.4 is 15.5 Å². The Hall–Kier alpha value is -3.68. The van der Waals surface area contributed by atoms with E-state index >= 15 is 0 Å². The molecule has 0 saturated carbocycles. The lowest BCUT2D eigenvalue weighted by Gasteiger charge is -2.19. The van der Waals surface area contributed by atoms with Crippen molar-refractivity contribution >= 4 is 40.8 Å². The summed E-state index contributed by atoms with van der Waals surface area (Å²) in [4.78, 5) is 49.6. The normalized spacial score (nSPS) is 15.5. The van der Waals surface area contributed by atoms with Crippen molar-refractivity contribution in [1.82, 2.24) is 0 Å².